The van der Waals surface area contributed by atoms with E-state index in [1.54, 1.807) is 18.2 Å². The summed E-state index contributed by atoms with van der Waals surface area (Å²) in [5.41, 5.74) is 5.77. The van der Waals surface area contributed by atoms with E-state index in [0.717, 1.165) is 4.47 Å². The standard InChI is InChI=1S/C14H12BrFN2O/c15-11-6-1-2-7-12(11)19-8-9-4-3-5-10(13(9)16)14(17)18/h1-7H,8H2,(H3,17,18). The van der Waals surface area contributed by atoms with Gasteiger partial charge in [-0.2, -0.15) is 0 Å². The first kappa shape index (κ1) is 13.5. The van der Waals surface area contributed by atoms with E-state index >= 15 is 0 Å². The Bertz CT molecular complexity index is 616. The smallest absolute Gasteiger partial charge is 0.140 e. The third kappa shape index (κ3) is 3.12. The molecule has 0 heterocycles. The first-order valence-electron chi connectivity index (χ1n) is 5.58. The largest absolute Gasteiger partial charge is 0.488 e. The van der Waals surface area contributed by atoms with E-state index in [4.69, 9.17) is 15.9 Å². The van der Waals surface area contributed by atoms with E-state index in [1.165, 1.54) is 6.07 Å². The molecule has 19 heavy (non-hydrogen) atoms. The third-order valence-corrected chi connectivity index (χ3v) is 3.24. The number of halogens is 2. The van der Waals surface area contributed by atoms with E-state index in [2.05, 4.69) is 15.9 Å². The van der Waals surface area contributed by atoms with Crippen LogP contribution in [-0.2, 0) is 6.61 Å². The highest BCUT2D eigenvalue weighted by molar-refractivity contribution is 9.10. The van der Waals surface area contributed by atoms with Crippen molar-refractivity contribution in [2.45, 2.75) is 6.61 Å². The van der Waals surface area contributed by atoms with Crippen molar-refractivity contribution in [3.63, 3.8) is 0 Å². The molecule has 0 radical (unpaired) electrons. The van der Waals surface area contributed by atoms with Crippen LogP contribution in [0.3, 0.4) is 0 Å². The first-order chi connectivity index (χ1) is 9.09. The van der Waals surface area contributed by atoms with Gasteiger partial charge in [-0.1, -0.05) is 24.3 Å². The Labute approximate surface area is 118 Å². The van der Waals surface area contributed by atoms with Crippen LogP contribution in [0.25, 0.3) is 0 Å². The second-order valence-electron chi connectivity index (χ2n) is 3.91. The Morgan fingerprint density at radius 1 is 1.21 bits per heavy atom. The molecule has 2 aromatic carbocycles. The SMILES string of the molecule is N=C(N)c1cccc(COc2ccccc2Br)c1F. The fourth-order valence-electron chi connectivity index (χ4n) is 1.62. The Balaban J connectivity index is 2.19. The van der Waals surface area contributed by atoms with E-state index in [-0.39, 0.29) is 18.0 Å². The molecule has 0 unspecified atom stereocenters. The fourth-order valence-corrected chi connectivity index (χ4v) is 2.02. The molecule has 0 aromatic heterocycles. The quantitative estimate of drug-likeness (QED) is 0.669. The molecule has 0 saturated heterocycles. The lowest BCUT2D eigenvalue weighted by Gasteiger charge is -2.10. The molecular weight excluding hydrogens is 311 g/mol. The average Bonchev–Trinajstić information content (AvgIpc) is 2.39. The minimum atomic E-state index is -0.512. The van der Waals surface area contributed by atoms with Crippen LogP contribution in [0.2, 0.25) is 0 Å². The van der Waals surface area contributed by atoms with Crippen molar-refractivity contribution in [1.82, 2.24) is 0 Å². The maximum absolute atomic E-state index is 14.0. The highest BCUT2D eigenvalue weighted by Gasteiger charge is 2.11. The van der Waals surface area contributed by atoms with Crippen LogP contribution >= 0.6 is 15.9 Å². The molecule has 0 amide bonds. The zero-order chi connectivity index (χ0) is 13.8. The van der Waals surface area contributed by atoms with Crippen LogP contribution in [0.4, 0.5) is 4.39 Å². The van der Waals surface area contributed by atoms with E-state index < -0.39 is 5.82 Å². The van der Waals surface area contributed by atoms with Crippen molar-refractivity contribution < 1.29 is 9.13 Å². The monoisotopic (exact) mass is 322 g/mol. The molecule has 3 nitrogen and oxygen atoms in total. The summed E-state index contributed by atoms with van der Waals surface area (Å²) in [5, 5.41) is 7.29. The second kappa shape index (κ2) is 5.84. The highest BCUT2D eigenvalue weighted by Crippen LogP contribution is 2.25. The molecule has 0 saturated carbocycles. The topological polar surface area (TPSA) is 59.1 Å². The molecule has 0 aliphatic carbocycles. The minimum Gasteiger partial charge on any atom is -0.488 e. The van der Waals surface area contributed by atoms with Crippen molar-refractivity contribution in [2.75, 3.05) is 0 Å². The van der Waals surface area contributed by atoms with Gasteiger partial charge in [0, 0.05) is 5.56 Å². The average molecular weight is 323 g/mol. The highest BCUT2D eigenvalue weighted by atomic mass is 79.9. The summed E-state index contributed by atoms with van der Waals surface area (Å²) in [4.78, 5) is 0. The van der Waals surface area contributed by atoms with Crippen LogP contribution in [0.15, 0.2) is 46.9 Å². The molecule has 0 aliphatic rings. The number of nitrogen functional groups attached to an aromatic ring is 1. The Hall–Kier alpha value is -1.88. The number of nitrogens with one attached hydrogen (secondary N) is 1. The number of para-hydroxylation sites is 1. The summed E-state index contributed by atoms with van der Waals surface area (Å²) in [7, 11) is 0. The summed E-state index contributed by atoms with van der Waals surface area (Å²) >= 11 is 3.35. The molecule has 2 rings (SSSR count). The third-order valence-electron chi connectivity index (χ3n) is 2.59. The van der Waals surface area contributed by atoms with Gasteiger partial charge >= 0.3 is 0 Å². The lowest BCUT2D eigenvalue weighted by atomic mass is 10.1. The minimum absolute atomic E-state index is 0.0789. The lowest BCUT2D eigenvalue weighted by Crippen LogP contribution is -2.14. The van der Waals surface area contributed by atoms with Gasteiger partial charge in [-0.3, -0.25) is 5.41 Å². The van der Waals surface area contributed by atoms with Gasteiger partial charge in [-0.05, 0) is 34.1 Å². The van der Waals surface area contributed by atoms with E-state index in [0.29, 0.717) is 11.3 Å². The van der Waals surface area contributed by atoms with Gasteiger partial charge in [0.2, 0.25) is 0 Å². The van der Waals surface area contributed by atoms with Crippen LogP contribution in [-0.4, -0.2) is 5.84 Å². The van der Waals surface area contributed by atoms with Crippen molar-refractivity contribution in [3.05, 3.63) is 63.9 Å². The lowest BCUT2D eigenvalue weighted by molar-refractivity contribution is 0.298. The second-order valence-corrected chi connectivity index (χ2v) is 4.77. The van der Waals surface area contributed by atoms with Gasteiger partial charge < -0.3 is 10.5 Å². The Morgan fingerprint density at radius 3 is 2.63 bits per heavy atom. The van der Waals surface area contributed by atoms with E-state index in [9.17, 15) is 4.39 Å². The van der Waals surface area contributed by atoms with Gasteiger partial charge in [0.25, 0.3) is 0 Å². The molecule has 0 bridgehead atoms. The summed E-state index contributed by atoms with van der Waals surface area (Å²) < 4.78 is 20.4. The molecule has 0 aliphatic heterocycles. The zero-order valence-corrected chi connectivity index (χ0v) is 11.6. The molecular formula is C14H12BrFN2O. The summed E-state index contributed by atoms with van der Waals surface area (Å²) in [6, 6.07) is 12.1. The molecule has 98 valence electrons. The Morgan fingerprint density at radius 2 is 1.95 bits per heavy atom. The van der Waals surface area contributed by atoms with Crippen molar-refractivity contribution in [2.24, 2.45) is 5.73 Å². The number of nitrogens with two attached hydrogens (primary N) is 1. The zero-order valence-electron chi connectivity index (χ0n) is 9.99. The number of hydrogen-bond donors (Lipinski definition) is 2. The molecule has 5 heteroatoms. The van der Waals surface area contributed by atoms with Gasteiger partial charge in [-0.15, -0.1) is 0 Å². The van der Waals surface area contributed by atoms with Crippen LogP contribution < -0.4 is 10.5 Å². The van der Waals surface area contributed by atoms with Gasteiger partial charge in [0.05, 0.1) is 10.0 Å². The van der Waals surface area contributed by atoms with Gasteiger partial charge in [0.1, 0.15) is 24.0 Å². The van der Waals surface area contributed by atoms with Crippen molar-refractivity contribution in [1.29, 1.82) is 5.41 Å². The summed E-state index contributed by atoms with van der Waals surface area (Å²) in [5.74, 6) is -0.169. The molecule has 0 atom stereocenters. The number of rotatable bonds is 4. The van der Waals surface area contributed by atoms with Gasteiger partial charge in [0.15, 0.2) is 0 Å². The first-order valence-corrected chi connectivity index (χ1v) is 6.38. The maximum atomic E-state index is 14.0. The summed E-state index contributed by atoms with van der Waals surface area (Å²) in [6.07, 6.45) is 0. The molecule has 0 spiro atoms. The number of amidine groups is 1. The van der Waals surface area contributed by atoms with Crippen molar-refractivity contribution in [3.8, 4) is 5.75 Å². The van der Waals surface area contributed by atoms with Crippen molar-refractivity contribution >= 4 is 21.8 Å². The molecule has 0 fully saturated rings. The van der Waals surface area contributed by atoms with E-state index in [1.807, 2.05) is 18.2 Å². The summed E-state index contributed by atoms with van der Waals surface area (Å²) in [6.45, 7) is 0.0789. The predicted molar refractivity (Wildman–Crippen MR) is 75.9 cm³/mol. The number of ether oxygens (including phenoxy) is 1. The van der Waals surface area contributed by atoms with Gasteiger partial charge in [-0.25, -0.2) is 4.39 Å². The number of benzene rings is 2. The fraction of sp³-hybridized carbons (Fsp3) is 0.0714. The predicted octanol–water partition coefficient (Wildman–Crippen LogP) is 3.45. The maximum Gasteiger partial charge on any atom is 0.140 e. The number of hydrogen-bond acceptors (Lipinski definition) is 2. The van der Waals surface area contributed by atoms with Crippen LogP contribution in [0, 0.1) is 11.2 Å². The molecule has 3 N–H and O–H groups in total. The van der Waals surface area contributed by atoms with Crippen LogP contribution in [0.5, 0.6) is 5.75 Å². The Kier molecular flexibility index (Phi) is 4.16. The normalized spacial score (nSPS) is 10.2. The molecule has 2 aromatic rings. The van der Waals surface area contributed by atoms with Crippen LogP contribution in [0.1, 0.15) is 11.1 Å².